The second-order valence-electron chi connectivity index (χ2n) is 10.3. The van der Waals surface area contributed by atoms with Gasteiger partial charge in [-0.2, -0.15) is 13.2 Å². The van der Waals surface area contributed by atoms with Gasteiger partial charge in [0.15, 0.2) is 5.82 Å². The van der Waals surface area contributed by atoms with Crippen LogP contribution in [0, 0.1) is 5.92 Å². The summed E-state index contributed by atoms with van der Waals surface area (Å²) < 4.78 is 46.8. The molecule has 1 aliphatic rings. The minimum Gasteiger partial charge on any atom is -0.481 e. The van der Waals surface area contributed by atoms with Gasteiger partial charge in [0.1, 0.15) is 6.73 Å². The van der Waals surface area contributed by atoms with Crippen LogP contribution in [0.2, 0.25) is 19.1 Å². The van der Waals surface area contributed by atoms with E-state index in [1.54, 1.807) is 12.1 Å². The Labute approximate surface area is 221 Å². The molecule has 2 heterocycles. The fourth-order valence-electron chi connectivity index (χ4n) is 4.80. The van der Waals surface area contributed by atoms with E-state index in [4.69, 9.17) is 9.84 Å². The first kappa shape index (κ1) is 28.0. The van der Waals surface area contributed by atoms with Crippen molar-refractivity contribution in [2.45, 2.75) is 70.1 Å². The van der Waals surface area contributed by atoms with Crippen LogP contribution in [0.4, 0.5) is 13.2 Å². The van der Waals surface area contributed by atoms with Crippen molar-refractivity contribution in [2.24, 2.45) is 5.92 Å². The smallest absolute Gasteiger partial charge is 0.451 e. The molecule has 11 heteroatoms. The third-order valence-corrected chi connectivity index (χ3v) is 8.38. The number of benzene rings is 1. The molecule has 204 valence electrons. The molecule has 1 N–H and O–H groups in total. The van der Waals surface area contributed by atoms with Crippen molar-refractivity contribution in [2.75, 3.05) is 6.61 Å². The number of alkyl halides is 3. The van der Waals surface area contributed by atoms with Crippen molar-refractivity contribution in [1.29, 1.82) is 0 Å². The third kappa shape index (κ3) is 7.28. The number of carboxylic acids is 1. The summed E-state index contributed by atoms with van der Waals surface area (Å²) in [5, 5.41) is 13.1. The number of aromatic nitrogens is 4. The Morgan fingerprint density at radius 2 is 1.76 bits per heavy atom. The second-order valence-corrected chi connectivity index (χ2v) is 13.7. The predicted octanol–water partition coefficient (Wildman–Crippen LogP) is 6.24. The molecule has 0 bridgehead atoms. The van der Waals surface area contributed by atoms with Crippen molar-refractivity contribution in [3.63, 3.8) is 0 Å². The van der Waals surface area contributed by atoms with Gasteiger partial charge < -0.3 is 9.84 Å². The molecule has 2 aromatic heterocycles. The Hall–Kier alpha value is -3.05. The summed E-state index contributed by atoms with van der Waals surface area (Å²) in [5.41, 5.74) is 3.22. The molecule has 0 radical (unpaired) electrons. The highest BCUT2D eigenvalue weighted by molar-refractivity contribution is 6.55. The first-order chi connectivity index (χ1) is 18.1. The van der Waals surface area contributed by atoms with Crippen molar-refractivity contribution in [3.8, 4) is 22.6 Å². The fourth-order valence-corrected chi connectivity index (χ4v) is 5.44. The van der Waals surface area contributed by atoms with Crippen molar-refractivity contribution < 1.29 is 27.8 Å². The summed E-state index contributed by atoms with van der Waals surface area (Å²) in [6.07, 6.45) is 0.890. The summed E-state index contributed by atoms with van der Waals surface area (Å²) in [5.74, 6) is -1.19. The molecule has 1 saturated carbocycles. The van der Waals surface area contributed by atoms with Gasteiger partial charge in [-0.3, -0.25) is 9.78 Å². The lowest BCUT2D eigenvalue weighted by Gasteiger charge is -2.28. The molecule has 1 aliphatic carbocycles. The molecular formula is C27H33F3N4O3Si. The number of pyridine rings is 1. The SMILES string of the molecule is C[SiH](C)CCOCn1nc(-c2ccc(-c3ccc(C4CCC(CC(=O)O)CC4)cc3)nc2)nc1C(F)(F)F. The number of rotatable bonds is 10. The third-order valence-electron chi connectivity index (χ3n) is 6.99. The van der Waals surface area contributed by atoms with Gasteiger partial charge in [0.25, 0.3) is 0 Å². The van der Waals surface area contributed by atoms with Gasteiger partial charge >= 0.3 is 12.1 Å². The van der Waals surface area contributed by atoms with E-state index in [2.05, 4.69) is 40.3 Å². The number of halogens is 3. The van der Waals surface area contributed by atoms with Gasteiger partial charge in [0.2, 0.25) is 5.82 Å². The maximum Gasteiger partial charge on any atom is 0.451 e. The number of hydrogen-bond donors (Lipinski definition) is 1. The first-order valence-corrected chi connectivity index (χ1v) is 16.1. The van der Waals surface area contributed by atoms with Crippen LogP contribution in [0.3, 0.4) is 0 Å². The lowest BCUT2D eigenvalue weighted by Crippen LogP contribution is -2.18. The molecule has 3 aromatic rings. The van der Waals surface area contributed by atoms with Gasteiger partial charge in [-0.25, -0.2) is 9.67 Å². The van der Waals surface area contributed by atoms with Crippen LogP contribution in [-0.4, -0.2) is 46.2 Å². The molecule has 0 aliphatic heterocycles. The van der Waals surface area contributed by atoms with E-state index in [0.717, 1.165) is 42.0 Å². The van der Waals surface area contributed by atoms with Crippen LogP contribution in [0.1, 0.15) is 49.4 Å². The molecule has 1 aromatic carbocycles. The summed E-state index contributed by atoms with van der Waals surface area (Å²) >= 11 is 0. The van der Waals surface area contributed by atoms with Crippen LogP contribution < -0.4 is 0 Å². The van der Waals surface area contributed by atoms with Gasteiger partial charge in [-0.05, 0) is 61.3 Å². The quantitative estimate of drug-likeness (QED) is 0.239. The number of aliphatic carboxylic acids is 1. The molecule has 0 spiro atoms. The Bertz CT molecular complexity index is 1210. The highest BCUT2D eigenvalue weighted by Crippen LogP contribution is 2.37. The summed E-state index contributed by atoms with van der Waals surface area (Å²) in [6.45, 7) is 4.40. The predicted molar refractivity (Wildman–Crippen MR) is 140 cm³/mol. The van der Waals surface area contributed by atoms with E-state index in [9.17, 15) is 18.0 Å². The lowest BCUT2D eigenvalue weighted by molar-refractivity contribution is -0.150. The molecule has 0 atom stereocenters. The zero-order valence-electron chi connectivity index (χ0n) is 21.6. The van der Waals surface area contributed by atoms with E-state index in [0.29, 0.717) is 23.8 Å². The first-order valence-electron chi connectivity index (χ1n) is 13.0. The number of ether oxygens (including phenoxy) is 1. The molecule has 0 amide bonds. The zero-order valence-corrected chi connectivity index (χ0v) is 22.8. The molecule has 0 unspecified atom stereocenters. The number of hydrogen-bond acceptors (Lipinski definition) is 5. The minimum absolute atomic E-state index is 0.0490. The van der Waals surface area contributed by atoms with E-state index in [1.807, 2.05) is 12.1 Å². The molecule has 7 nitrogen and oxygen atoms in total. The molecule has 38 heavy (non-hydrogen) atoms. The monoisotopic (exact) mass is 546 g/mol. The maximum absolute atomic E-state index is 13.5. The summed E-state index contributed by atoms with van der Waals surface area (Å²) in [6, 6.07) is 12.4. The second kappa shape index (κ2) is 12.2. The topological polar surface area (TPSA) is 90.1 Å². The Balaban J connectivity index is 1.42. The van der Waals surface area contributed by atoms with Crippen LogP contribution in [-0.2, 0) is 22.4 Å². The van der Waals surface area contributed by atoms with Crippen LogP contribution >= 0.6 is 0 Å². The van der Waals surface area contributed by atoms with Crippen LogP contribution in [0.25, 0.3) is 22.6 Å². The van der Waals surface area contributed by atoms with Crippen LogP contribution in [0.15, 0.2) is 42.6 Å². The summed E-state index contributed by atoms with van der Waals surface area (Å²) in [7, 11) is -0.853. The average Bonchev–Trinajstić information content (AvgIpc) is 3.32. The minimum atomic E-state index is -4.65. The van der Waals surface area contributed by atoms with Crippen LogP contribution in [0.5, 0.6) is 0 Å². The van der Waals surface area contributed by atoms with E-state index >= 15 is 0 Å². The average molecular weight is 547 g/mol. The van der Waals surface area contributed by atoms with Gasteiger partial charge in [0.05, 0.1) is 5.69 Å². The van der Waals surface area contributed by atoms with Crippen molar-refractivity contribution in [1.82, 2.24) is 19.7 Å². The Morgan fingerprint density at radius 3 is 2.34 bits per heavy atom. The highest BCUT2D eigenvalue weighted by Gasteiger charge is 2.38. The molecule has 1 fully saturated rings. The van der Waals surface area contributed by atoms with Gasteiger partial charge in [-0.15, -0.1) is 5.10 Å². The molecule has 4 rings (SSSR count). The normalized spacial score (nSPS) is 18.2. The van der Waals surface area contributed by atoms with E-state index in [1.165, 1.54) is 11.8 Å². The number of nitrogens with zero attached hydrogens (tertiary/aromatic N) is 4. The molecule has 0 saturated heterocycles. The standard InChI is InChI=1S/C27H33F3N4O3Si/c1-38(2)14-13-37-17-34-26(27(28,29)30)32-25(33-34)22-11-12-23(31-16-22)21-9-7-20(8-10-21)19-5-3-18(4-6-19)15-24(35)36/h7-12,16,18-19,38H,3-6,13-15,17H2,1-2H3,(H,35,36). The highest BCUT2D eigenvalue weighted by atomic mass is 28.3. The van der Waals surface area contributed by atoms with Gasteiger partial charge in [0, 0.05) is 39.1 Å². The number of carbonyl (C=O) groups is 1. The Kier molecular flexibility index (Phi) is 8.98. The lowest BCUT2D eigenvalue weighted by atomic mass is 9.77. The van der Waals surface area contributed by atoms with Crippen molar-refractivity contribution >= 4 is 14.8 Å². The van der Waals surface area contributed by atoms with E-state index < -0.39 is 26.8 Å². The van der Waals surface area contributed by atoms with E-state index in [-0.39, 0.29) is 24.9 Å². The zero-order chi connectivity index (χ0) is 27.3. The fraction of sp³-hybridized carbons (Fsp3) is 0.481. The maximum atomic E-state index is 13.5. The molecular weight excluding hydrogens is 513 g/mol. The number of carboxylic acid groups (broad SMARTS) is 1. The summed E-state index contributed by atoms with van der Waals surface area (Å²) in [4.78, 5) is 19.1. The van der Waals surface area contributed by atoms with Crippen molar-refractivity contribution in [3.05, 3.63) is 54.0 Å². The van der Waals surface area contributed by atoms with Gasteiger partial charge in [-0.1, -0.05) is 37.4 Å². The Morgan fingerprint density at radius 1 is 1.08 bits per heavy atom. The largest absolute Gasteiger partial charge is 0.481 e.